The highest BCUT2D eigenvalue weighted by atomic mass is 35.5. The van der Waals surface area contributed by atoms with Crippen LogP contribution in [0.4, 0.5) is 5.69 Å². The average Bonchev–Trinajstić information content (AvgIpc) is 2.70. The molecule has 0 radical (unpaired) electrons. The van der Waals surface area contributed by atoms with Crippen LogP contribution < -0.4 is 10.3 Å². The molecule has 1 heterocycles. The van der Waals surface area contributed by atoms with E-state index in [-0.39, 0.29) is 10.6 Å². The topological polar surface area (TPSA) is 79.0 Å². The summed E-state index contributed by atoms with van der Waals surface area (Å²) in [6.07, 6.45) is 0. The van der Waals surface area contributed by atoms with Gasteiger partial charge >= 0.3 is 0 Å². The molecule has 0 atom stereocenters. The first-order chi connectivity index (χ1) is 13.5. The van der Waals surface area contributed by atoms with Crippen LogP contribution in [0, 0.1) is 0 Å². The number of hydrogen-bond donors (Lipinski definition) is 2. The van der Waals surface area contributed by atoms with Crippen molar-refractivity contribution in [3.8, 4) is 11.1 Å². The number of hydrogen-bond acceptors (Lipinski definition) is 3. The number of rotatable bonds is 4. The molecule has 0 unspecified atom stereocenters. The van der Waals surface area contributed by atoms with Gasteiger partial charge in [-0.1, -0.05) is 66.2 Å². The Labute approximate surface area is 166 Å². The van der Waals surface area contributed by atoms with Crippen LogP contribution in [-0.2, 0) is 10.0 Å². The van der Waals surface area contributed by atoms with E-state index in [1.54, 1.807) is 36.4 Å². The predicted octanol–water partition coefficient (Wildman–Crippen LogP) is 4.65. The Bertz CT molecular complexity index is 1320. The Morgan fingerprint density at radius 2 is 1.50 bits per heavy atom. The second-order valence-corrected chi connectivity index (χ2v) is 8.30. The van der Waals surface area contributed by atoms with E-state index < -0.39 is 15.6 Å². The third-order valence-electron chi connectivity index (χ3n) is 4.33. The van der Waals surface area contributed by atoms with Crippen molar-refractivity contribution in [2.75, 3.05) is 4.72 Å². The SMILES string of the molecule is O=c1[nH]c2cc(Cl)ccc2c(-c2ccccc2)c1NS(=O)(=O)c1ccccc1. The van der Waals surface area contributed by atoms with E-state index in [1.807, 2.05) is 30.3 Å². The van der Waals surface area contributed by atoms with Gasteiger partial charge in [0.05, 0.1) is 10.4 Å². The zero-order chi connectivity index (χ0) is 19.7. The van der Waals surface area contributed by atoms with Gasteiger partial charge in [0.15, 0.2) is 0 Å². The first-order valence-corrected chi connectivity index (χ1v) is 10.3. The average molecular weight is 411 g/mol. The lowest BCUT2D eigenvalue weighted by Crippen LogP contribution is -2.21. The highest BCUT2D eigenvalue weighted by Gasteiger charge is 2.21. The Hall–Kier alpha value is -3.09. The zero-order valence-corrected chi connectivity index (χ0v) is 16.1. The number of pyridine rings is 1. The van der Waals surface area contributed by atoms with Crippen LogP contribution in [0.5, 0.6) is 0 Å². The van der Waals surface area contributed by atoms with Crippen LogP contribution in [0.25, 0.3) is 22.0 Å². The number of fused-ring (bicyclic) bond motifs is 1. The molecule has 0 aliphatic heterocycles. The number of benzene rings is 3. The summed E-state index contributed by atoms with van der Waals surface area (Å²) in [5, 5.41) is 1.15. The Morgan fingerprint density at radius 1 is 0.857 bits per heavy atom. The quantitative estimate of drug-likeness (QED) is 0.514. The number of sulfonamides is 1. The molecule has 5 nitrogen and oxygen atoms in total. The number of anilines is 1. The maximum atomic E-state index is 12.8. The zero-order valence-electron chi connectivity index (χ0n) is 14.5. The smallest absolute Gasteiger partial charge is 0.273 e. The molecular weight excluding hydrogens is 396 g/mol. The number of H-pyrrole nitrogens is 1. The van der Waals surface area contributed by atoms with Crippen molar-refractivity contribution < 1.29 is 8.42 Å². The van der Waals surface area contributed by atoms with Crippen molar-refractivity contribution in [3.63, 3.8) is 0 Å². The molecule has 1 aromatic heterocycles. The summed E-state index contributed by atoms with van der Waals surface area (Å²) in [4.78, 5) is 15.6. The van der Waals surface area contributed by atoms with E-state index in [9.17, 15) is 13.2 Å². The fourth-order valence-corrected chi connectivity index (χ4v) is 4.33. The molecule has 0 amide bonds. The fourth-order valence-electron chi connectivity index (χ4n) is 3.07. The molecule has 0 bridgehead atoms. The lowest BCUT2D eigenvalue weighted by atomic mass is 10.00. The summed E-state index contributed by atoms with van der Waals surface area (Å²) in [5.74, 6) is 0. The van der Waals surface area contributed by atoms with Crippen molar-refractivity contribution in [1.82, 2.24) is 4.98 Å². The second-order valence-electron chi connectivity index (χ2n) is 6.18. The van der Waals surface area contributed by atoms with E-state index in [2.05, 4.69) is 9.71 Å². The maximum Gasteiger partial charge on any atom is 0.273 e. The number of aromatic amines is 1. The number of nitrogens with one attached hydrogen (secondary N) is 2. The van der Waals surface area contributed by atoms with Gasteiger partial charge in [0.1, 0.15) is 5.69 Å². The van der Waals surface area contributed by atoms with Gasteiger partial charge in [-0.3, -0.25) is 9.52 Å². The molecule has 0 saturated heterocycles. The monoisotopic (exact) mass is 410 g/mol. The highest BCUT2D eigenvalue weighted by molar-refractivity contribution is 7.92. The molecule has 4 rings (SSSR count). The van der Waals surface area contributed by atoms with Crippen molar-refractivity contribution in [3.05, 3.63) is 94.2 Å². The Morgan fingerprint density at radius 3 is 2.18 bits per heavy atom. The molecule has 3 aromatic carbocycles. The fraction of sp³-hybridized carbons (Fsp3) is 0. The maximum absolute atomic E-state index is 12.8. The molecule has 4 aromatic rings. The van der Waals surface area contributed by atoms with Gasteiger partial charge in [-0.2, -0.15) is 0 Å². The van der Waals surface area contributed by atoms with Crippen LogP contribution >= 0.6 is 11.6 Å². The van der Waals surface area contributed by atoms with Crippen molar-refractivity contribution in [2.45, 2.75) is 4.90 Å². The van der Waals surface area contributed by atoms with E-state index in [0.717, 1.165) is 0 Å². The minimum atomic E-state index is -3.94. The summed E-state index contributed by atoms with van der Waals surface area (Å²) in [6.45, 7) is 0. The van der Waals surface area contributed by atoms with Crippen LogP contribution in [0.3, 0.4) is 0 Å². The van der Waals surface area contributed by atoms with Gasteiger partial charge in [0, 0.05) is 16.0 Å². The lowest BCUT2D eigenvalue weighted by molar-refractivity contribution is 0.601. The van der Waals surface area contributed by atoms with Crippen LogP contribution in [-0.4, -0.2) is 13.4 Å². The summed E-state index contributed by atoms with van der Waals surface area (Å²) in [5.41, 5.74) is 1.15. The summed E-state index contributed by atoms with van der Waals surface area (Å²) in [6, 6.07) is 22.2. The summed E-state index contributed by atoms with van der Waals surface area (Å²) >= 11 is 6.06. The lowest BCUT2D eigenvalue weighted by Gasteiger charge is -2.15. The van der Waals surface area contributed by atoms with Crippen LogP contribution in [0.1, 0.15) is 0 Å². The molecule has 0 spiro atoms. The first-order valence-electron chi connectivity index (χ1n) is 8.44. The predicted molar refractivity (Wildman–Crippen MR) is 112 cm³/mol. The molecule has 0 fully saturated rings. The van der Waals surface area contributed by atoms with Crippen molar-refractivity contribution in [2.24, 2.45) is 0 Å². The van der Waals surface area contributed by atoms with Crippen LogP contribution in [0.15, 0.2) is 88.6 Å². The minimum Gasteiger partial charge on any atom is -0.320 e. The van der Waals surface area contributed by atoms with Gasteiger partial charge in [0.25, 0.3) is 15.6 Å². The van der Waals surface area contributed by atoms with E-state index in [4.69, 9.17) is 11.6 Å². The third-order valence-corrected chi connectivity index (χ3v) is 5.93. The van der Waals surface area contributed by atoms with Gasteiger partial charge in [-0.15, -0.1) is 0 Å². The summed E-state index contributed by atoms with van der Waals surface area (Å²) < 4.78 is 28.2. The summed E-state index contributed by atoms with van der Waals surface area (Å²) in [7, 11) is -3.94. The van der Waals surface area contributed by atoms with Gasteiger partial charge in [0.2, 0.25) is 0 Å². The highest BCUT2D eigenvalue weighted by Crippen LogP contribution is 2.34. The standard InChI is InChI=1S/C21H15ClN2O3S/c22-15-11-12-17-18(13-15)23-21(25)20(19(17)14-7-3-1-4-8-14)24-28(26,27)16-9-5-2-6-10-16/h1-13,24H,(H,23,25). The van der Waals surface area contributed by atoms with Crippen LogP contribution in [0.2, 0.25) is 5.02 Å². The number of halogens is 1. The molecule has 0 aliphatic carbocycles. The molecule has 0 aliphatic rings. The Kier molecular flexibility index (Phi) is 4.66. The Balaban J connectivity index is 1.99. The van der Waals surface area contributed by atoms with Crippen molar-refractivity contribution in [1.29, 1.82) is 0 Å². The minimum absolute atomic E-state index is 0.0372. The molecule has 0 saturated carbocycles. The molecule has 7 heteroatoms. The molecule has 2 N–H and O–H groups in total. The van der Waals surface area contributed by atoms with E-state index in [1.165, 1.54) is 12.1 Å². The largest absolute Gasteiger partial charge is 0.320 e. The first kappa shape index (κ1) is 18.3. The molecular formula is C21H15ClN2O3S. The normalized spacial score (nSPS) is 11.5. The van der Waals surface area contributed by atoms with Gasteiger partial charge in [-0.05, 0) is 29.8 Å². The van der Waals surface area contributed by atoms with Gasteiger partial charge in [-0.25, -0.2) is 8.42 Å². The van der Waals surface area contributed by atoms with Crippen molar-refractivity contribution >= 4 is 38.2 Å². The third kappa shape index (κ3) is 3.40. The molecule has 140 valence electrons. The van der Waals surface area contributed by atoms with E-state index in [0.29, 0.717) is 27.1 Å². The van der Waals surface area contributed by atoms with E-state index >= 15 is 0 Å². The second kappa shape index (κ2) is 7.14. The molecule has 28 heavy (non-hydrogen) atoms. The number of aromatic nitrogens is 1. The van der Waals surface area contributed by atoms with Gasteiger partial charge < -0.3 is 4.98 Å².